The van der Waals surface area contributed by atoms with Crippen molar-refractivity contribution in [3.05, 3.63) is 83.6 Å². The van der Waals surface area contributed by atoms with Crippen LogP contribution in [-0.4, -0.2) is 25.7 Å². The molecule has 0 bridgehead atoms. The summed E-state index contributed by atoms with van der Waals surface area (Å²) in [5.74, 6) is 0.463. The van der Waals surface area contributed by atoms with Crippen LogP contribution in [0.2, 0.25) is 0 Å². The number of hydrogen-bond donors (Lipinski definition) is 2. The first-order valence-electron chi connectivity index (χ1n) is 8.33. The van der Waals surface area contributed by atoms with Crippen molar-refractivity contribution in [1.82, 2.24) is 25.1 Å². The van der Waals surface area contributed by atoms with E-state index < -0.39 is 0 Å². The highest BCUT2D eigenvalue weighted by atomic mass is 16.1. The van der Waals surface area contributed by atoms with Gasteiger partial charge in [-0.3, -0.25) is 9.78 Å². The maximum atomic E-state index is 13.0. The van der Waals surface area contributed by atoms with Crippen molar-refractivity contribution in [2.75, 3.05) is 5.32 Å². The second-order valence-corrected chi connectivity index (χ2v) is 6.05. The van der Waals surface area contributed by atoms with Gasteiger partial charge in [-0.25, -0.2) is 4.68 Å². The van der Waals surface area contributed by atoms with Gasteiger partial charge in [0.25, 0.3) is 5.91 Å². The number of allylic oxidation sites excluding steroid dienone is 1. The molecular formula is C19H18N6O. The molecule has 0 fully saturated rings. The number of benzene rings is 1. The molecule has 0 spiro atoms. The normalized spacial score (nSPS) is 16.0. The number of rotatable bonds is 4. The number of anilines is 1. The summed E-state index contributed by atoms with van der Waals surface area (Å²) in [5, 5.41) is 10.5. The van der Waals surface area contributed by atoms with Gasteiger partial charge < -0.3 is 10.6 Å². The average Bonchev–Trinajstić information content (AvgIpc) is 3.14. The molecule has 7 nitrogen and oxygen atoms in total. The summed E-state index contributed by atoms with van der Waals surface area (Å²) in [6.45, 7) is 2.33. The SMILES string of the molecule is CC1=C(C(=O)NCc2ccccc2)[C@H](c2cccnc2)n2ncnc2N1. The molecule has 4 rings (SSSR count). The number of hydrogen-bond acceptors (Lipinski definition) is 5. The van der Waals surface area contributed by atoms with Crippen LogP contribution in [-0.2, 0) is 11.3 Å². The number of nitrogens with one attached hydrogen (secondary N) is 2. The van der Waals surface area contributed by atoms with Crippen LogP contribution in [0.25, 0.3) is 0 Å². The van der Waals surface area contributed by atoms with Crippen molar-refractivity contribution >= 4 is 11.9 Å². The van der Waals surface area contributed by atoms with Gasteiger partial charge in [0.2, 0.25) is 5.95 Å². The van der Waals surface area contributed by atoms with Gasteiger partial charge in [-0.1, -0.05) is 36.4 Å². The van der Waals surface area contributed by atoms with Gasteiger partial charge in [0.15, 0.2) is 0 Å². The van der Waals surface area contributed by atoms with Gasteiger partial charge >= 0.3 is 0 Å². The fourth-order valence-corrected chi connectivity index (χ4v) is 3.10. The van der Waals surface area contributed by atoms with Gasteiger partial charge in [0.05, 0.1) is 5.57 Å². The summed E-state index contributed by atoms with van der Waals surface area (Å²) in [7, 11) is 0. The Kier molecular flexibility index (Phi) is 4.18. The molecule has 3 heterocycles. The zero-order valence-electron chi connectivity index (χ0n) is 14.3. The molecule has 2 N–H and O–H groups in total. The quantitative estimate of drug-likeness (QED) is 0.757. The van der Waals surface area contributed by atoms with Crippen LogP contribution in [0.15, 0.2) is 72.5 Å². The van der Waals surface area contributed by atoms with E-state index in [0.717, 1.165) is 16.8 Å². The predicted octanol–water partition coefficient (Wildman–Crippen LogP) is 2.28. The summed E-state index contributed by atoms with van der Waals surface area (Å²) < 4.78 is 1.71. The number of nitrogens with zero attached hydrogens (tertiary/aromatic N) is 4. The molecule has 1 amide bonds. The van der Waals surface area contributed by atoms with E-state index in [2.05, 4.69) is 25.7 Å². The second-order valence-electron chi connectivity index (χ2n) is 6.05. The smallest absolute Gasteiger partial charge is 0.251 e. The van der Waals surface area contributed by atoms with Gasteiger partial charge in [0.1, 0.15) is 12.4 Å². The van der Waals surface area contributed by atoms with Crippen molar-refractivity contribution in [3.8, 4) is 0 Å². The Morgan fingerprint density at radius 3 is 2.85 bits per heavy atom. The van der Waals surface area contributed by atoms with Crippen LogP contribution < -0.4 is 10.6 Å². The topological polar surface area (TPSA) is 84.7 Å². The van der Waals surface area contributed by atoms with E-state index in [0.29, 0.717) is 18.1 Å². The minimum atomic E-state index is -0.377. The number of carbonyl (C=O) groups excluding carboxylic acids is 1. The van der Waals surface area contributed by atoms with E-state index in [1.165, 1.54) is 6.33 Å². The lowest BCUT2D eigenvalue weighted by Crippen LogP contribution is -2.34. The maximum Gasteiger partial charge on any atom is 0.251 e. The average molecular weight is 346 g/mol. The lowest BCUT2D eigenvalue weighted by atomic mass is 9.96. The predicted molar refractivity (Wildman–Crippen MR) is 97.0 cm³/mol. The van der Waals surface area contributed by atoms with Gasteiger partial charge in [-0.2, -0.15) is 10.1 Å². The van der Waals surface area contributed by atoms with E-state index >= 15 is 0 Å². The summed E-state index contributed by atoms with van der Waals surface area (Å²) >= 11 is 0. The molecular weight excluding hydrogens is 328 g/mol. The fourth-order valence-electron chi connectivity index (χ4n) is 3.10. The van der Waals surface area contributed by atoms with Crippen molar-refractivity contribution in [3.63, 3.8) is 0 Å². The molecule has 26 heavy (non-hydrogen) atoms. The molecule has 0 unspecified atom stereocenters. The summed E-state index contributed by atoms with van der Waals surface area (Å²) in [5.41, 5.74) is 3.28. The molecule has 1 aromatic carbocycles. The Bertz CT molecular complexity index is 948. The minimum absolute atomic E-state index is 0.145. The molecule has 0 saturated carbocycles. The maximum absolute atomic E-state index is 13.0. The number of fused-ring (bicyclic) bond motifs is 1. The van der Waals surface area contributed by atoms with Crippen molar-refractivity contribution in [1.29, 1.82) is 0 Å². The molecule has 1 aliphatic rings. The molecule has 1 atom stereocenters. The third-order valence-corrected chi connectivity index (χ3v) is 4.34. The molecule has 130 valence electrons. The summed E-state index contributed by atoms with van der Waals surface area (Å²) in [4.78, 5) is 21.4. The standard InChI is InChI=1S/C19H18N6O/c1-13-16(18(26)21-10-14-6-3-2-4-7-14)17(15-8-5-9-20-11-15)25-19(24-13)22-12-23-25/h2-9,11-12,17H,10H2,1H3,(H,21,26)(H,22,23,24)/t17-/m0/s1. The number of aromatic nitrogens is 4. The Hall–Kier alpha value is -3.48. The summed E-state index contributed by atoms with van der Waals surface area (Å²) in [6.07, 6.45) is 4.93. The van der Waals surface area contributed by atoms with E-state index in [9.17, 15) is 4.79 Å². The molecule has 0 radical (unpaired) electrons. The zero-order valence-corrected chi connectivity index (χ0v) is 14.3. The molecule has 3 aromatic rings. The van der Waals surface area contributed by atoms with E-state index in [-0.39, 0.29) is 11.9 Å². The van der Waals surface area contributed by atoms with Crippen LogP contribution in [0.3, 0.4) is 0 Å². The molecule has 2 aromatic heterocycles. The molecule has 0 saturated heterocycles. The highest BCUT2D eigenvalue weighted by Gasteiger charge is 2.33. The Labute approximate surface area is 150 Å². The lowest BCUT2D eigenvalue weighted by molar-refractivity contribution is -0.118. The third-order valence-electron chi connectivity index (χ3n) is 4.34. The molecule has 0 aliphatic carbocycles. The fraction of sp³-hybridized carbons (Fsp3) is 0.158. The van der Waals surface area contributed by atoms with Gasteiger partial charge in [-0.15, -0.1) is 0 Å². The minimum Gasteiger partial charge on any atom is -0.348 e. The number of amides is 1. The first-order chi connectivity index (χ1) is 12.7. The van der Waals surface area contributed by atoms with Crippen molar-refractivity contribution < 1.29 is 4.79 Å². The monoisotopic (exact) mass is 346 g/mol. The Morgan fingerprint density at radius 2 is 2.08 bits per heavy atom. The first-order valence-corrected chi connectivity index (χ1v) is 8.33. The number of carbonyl (C=O) groups is 1. The Balaban J connectivity index is 1.67. The Morgan fingerprint density at radius 1 is 1.23 bits per heavy atom. The van der Waals surface area contributed by atoms with Crippen LogP contribution in [0.5, 0.6) is 0 Å². The van der Waals surface area contributed by atoms with Crippen LogP contribution in [0.4, 0.5) is 5.95 Å². The van der Waals surface area contributed by atoms with Gasteiger partial charge in [0, 0.05) is 24.6 Å². The summed E-state index contributed by atoms with van der Waals surface area (Å²) in [6, 6.07) is 13.2. The highest BCUT2D eigenvalue weighted by molar-refractivity contribution is 5.96. The highest BCUT2D eigenvalue weighted by Crippen LogP contribution is 2.34. The molecule has 7 heteroatoms. The lowest BCUT2D eigenvalue weighted by Gasteiger charge is -2.28. The zero-order chi connectivity index (χ0) is 17.9. The van der Waals surface area contributed by atoms with Crippen molar-refractivity contribution in [2.45, 2.75) is 19.5 Å². The third kappa shape index (κ3) is 2.95. The first kappa shape index (κ1) is 16.0. The van der Waals surface area contributed by atoms with Crippen LogP contribution in [0, 0.1) is 0 Å². The van der Waals surface area contributed by atoms with Crippen LogP contribution in [0.1, 0.15) is 24.1 Å². The van der Waals surface area contributed by atoms with Gasteiger partial charge in [-0.05, 0) is 24.1 Å². The van der Waals surface area contributed by atoms with Crippen molar-refractivity contribution in [2.24, 2.45) is 0 Å². The number of pyridine rings is 1. The molecule has 1 aliphatic heterocycles. The van der Waals surface area contributed by atoms with E-state index in [1.807, 2.05) is 49.4 Å². The van der Waals surface area contributed by atoms with Crippen LogP contribution >= 0.6 is 0 Å². The largest absolute Gasteiger partial charge is 0.348 e. The van der Waals surface area contributed by atoms with E-state index in [1.54, 1.807) is 17.1 Å². The van der Waals surface area contributed by atoms with E-state index in [4.69, 9.17) is 0 Å². The second kappa shape index (κ2) is 6.79.